The van der Waals surface area contributed by atoms with E-state index in [9.17, 15) is 4.79 Å². The Hall–Kier alpha value is -2.79. The van der Waals surface area contributed by atoms with Crippen LogP contribution in [0.2, 0.25) is 5.02 Å². The highest BCUT2D eigenvalue weighted by Gasteiger charge is 2.18. The minimum atomic E-state index is -0.450. The average Bonchev–Trinajstić information content (AvgIpc) is 2.62. The molecule has 25 heavy (non-hydrogen) atoms. The van der Waals surface area contributed by atoms with Crippen LogP contribution in [-0.2, 0) is 4.74 Å². The van der Waals surface area contributed by atoms with Gasteiger partial charge in [-0.3, -0.25) is 4.98 Å². The van der Waals surface area contributed by atoms with Gasteiger partial charge in [-0.2, -0.15) is 0 Å². The molecule has 1 heterocycles. The number of rotatable bonds is 5. The van der Waals surface area contributed by atoms with Gasteiger partial charge < -0.3 is 14.8 Å². The molecule has 3 rings (SSSR count). The van der Waals surface area contributed by atoms with Crippen molar-refractivity contribution in [3.63, 3.8) is 0 Å². The van der Waals surface area contributed by atoms with Crippen LogP contribution in [0.15, 0.2) is 48.7 Å². The summed E-state index contributed by atoms with van der Waals surface area (Å²) in [6.07, 6.45) is 1.51. The Balaban J connectivity index is 2.19. The van der Waals surface area contributed by atoms with Crippen molar-refractivity contribution in [2.45, 2.75) is 6.92 Å². The van der Waals surface area contributed by atoms with Gasteiger partial charge in [-0.05, 0) is 37.3 Å². The number of anilines is 2. The van der Waals surface area contributed by atoms with E-state index in [0.717, 1.165) is 16.6 Å². The number of benzene rings is 2. The van der Waals surface area contributed by atoms with Gasteiger partial charge in [-0.15, -0.1) is 0 Å². The molecule has 0 saturated carbocycles. The second kappa shape index (κ2) is 7.40. The van der Waals surface area contributed by atoms with Crippen molar-refractivity contribution >= 4 is 39.8 Å². The van der Waals surface area contributed by atoms with Gasteiger partial charge in [0.15, 0.2) is 0 Å². The highest BCUT2D eigenvalue weighted by molar-refractivity contribution is 6.31. The molecule has 0 aliphatic heterocycles. The van der Waals surface area contributed by atoms with Crippen molar-refractivity contribution in [1.29, 1.82) is 0 Å². The first kappa shape index (κ1) is 17.0. The molecule has 1 aromatic heterocycles. The van der Waals surface area contributed by atoms with Gasteiger partial charge >= 0.3 is 5.97 Å². The van der Waals surface area contributed by atoms with Gasteiger partial charge in [0.25, 0.3) is 0 Å². The number of hydrogen-bond donors (Lipinski definition) is 1. The van der Waals surface area contributed by atoms with Gasteiger partial charge in [0, 0.05) is 16.6 Å². The quantitative estimate of drug-likeness (QED) is 0.664. The summed E-state index contributed by atoms with van der Waals surface area (Å²) in [5.74, 6) is 0.207. The Labute approximate surface area is 150 Å². The van der Waals surface area contributed by atoms with Gasteiger partial charge in [-0.1, -0.05) is 23.7 Å². The van der Waals surface area contributed by atoms with Crippen LogP contribution in [0.1, 0.15) is 17.3 Å². The first-order valence-electron chi connectivity index (χ1n) is 7.79. The van der Waals surface area contributed by atoms with Crippen molar-refractivity contribution in [1.82, 2.24) is 4.98 Å². The van der Waals surface area contributed by atoms with Crippen molar-refractivity contribution in [2.24, 2.45) is 0 Å². The summed E-state index contributed by atoms with van der Waals surface area (Å²) in [5.41, 5.74) is 2.36. The maximum atomic E-state index is 12.4. The fraction of sp³-hybridized carbons (Fsp3) is 0.158. The van der Waals surface area contributed by atoms with Crippen molar-refractivity contribution in [3.05, 3.63) is 59.2 Å². The fourth-order valence-corrected chi connectivity index (χ4v) is 2.72. The van der Waals surface area contributed by atoms with Gasteiger partial charge in [0.2, 0.25) is 0 Å². The van der Waals surface area contributed by atoms with Crippen LogP contribution in [0, 0.1) is 0 Å². The molecule has 1 N–H and O–H groups in total. The van der Waals surface area contributed by atoms with Crippen LogP contribution in [0.3, 0.4) is 0 Å². The number of esters is 1. The molecular formula is C19H17ClN2O3. The minimum Gasteiger partial charge on any atom is -0.495 e. The Morgan fingerprint density at radius 1 is 1.24 bits per heavy atom. The summed E-state index contributed by atoms with van der Waals surface area (Å²) in [4.78, 5) is 16.7. The number of hydrogen-bond acceptors (Lipinski definition) is 5. The van der Waals surface area contributed by atoms with E-state index in [4.69, 9.17) is 21.1 Å². The molecule has 0 amide bonds. The van der Waals surface area contributed by atoms with Gasteiger partial charge in [0.1, 0.15) is 11.3 Å². The SMILES string of the molecule is CCOC(=O)c1cnc2ccc(Cl)cc2c1Nc1ccccc1OC. The number of ether oxygens (including phenoxy) is 2. The number of pyridine rings is 1. The number of para-hydroxylation sites is 2. The Morgan fingerprint density at radius 2 is 2.04 bits per heavy atom. The molecule has 128 valence electrons. The first-order chi connectivity index (χ1) is 12.1. The summed E-state index contributed by atoms with van der Waals surface area (Å²) < 4.78 is 10.5. The average molecular weight is 357 g/mol. The maximum absolute atomic E-state index is 12.4. The summed E-state index contributed by atoms with van der Waals surface area (Å²) in [6.45, 7) is 2.04. The van der Waals surface area contributed by atoms with Crippen LogP contribution in [-0.4, -0.2) is 24.7 Å². The molecule has 0 spiro atoms. The van der Waals surface area contributed by atoms with E-state index in [2.05, 4.69) is 10.3 Å². The molecule has 5 nitrogen and oxygen atoms in total. The van der Waals surface area contributed by atoms with Gasteiger partial charge in [0.05, 0.1) is 30.6 Å². The molecule has 2 aromatic carbocycles. The van der Waals surface area contributed by atoms with E-state index < -0.39 is 5.97 Å². The monoisotopic (exact) mass is 356 g/mol. The number of carbonyl (C=O) groups excluding carboxylic acids is 1. The fourth-order valence-electron chi connectivity index (χ4n) is 2.55. The molecule has 0 atom stereocenters. The molecular weight excluding hydrogens is 340 g/mol. The zero-order valence-corrected chi connectivity index (χ0v) is 14.6. The Kier molecular flexibility index (Phi) is 5.05. The lowest BCUT2D eigenvalue weighted by Gasteiger charge is -2.16. The second-order valence-corrected chi connectivity index (χ2v) is 5.69. The van der Waals surface area contributed by atoms with E-state index >= 15 is 0 Å². The normalized spacial score (nSPS) is 10.5. The molecule has 3 aromatic rings. The Morgan fingerprint density at radius 3 is 2.80 bits per heavy atom. The molecule has 0 bridgehead atoms. The van der Waals surface area contributed by atoms with Crippen LogP contribution < -0.4 is 10.1 Å². The zero-order chi connectivity index (χ0) is 17.8. The van der Waals surface area contributed by atoms with Gasteiger partial charge in [-0.25, -0.2) is 4.79 Å². The molecule has 0 saturated heterocycles. The Bertz CT molecular complexity index is 928. The molecule has 0 aliphatic carbocycles. The number of nitrogens with zero attached hydrogens (tertiary/aromatic N) is 1. The summed E-state index contributed by atoms with van der Waals surface area (Å²) in [6, 6.07) is 12.8. The maximum Gasteiger partial charge on any atom is 0.341 e. The number of nitrogens with one attached hydrogen (secondary N) is 1. The predicted octanol–water partition coefficient (Wildman–Crippen LogP) is 4.82. The summed E-state index contributed by atoms with van der Waals surface area (Å²) >= 11 is 6.15. The first-order valence-corrected chi connectivity index (χ1v) is 8.17. The lowest BCUT2D eigenvalue weighted by Crippen LogP contribution is -2.09. The highest BCUT2D eigenvalue weighted by atomic mass is 35.5. The molecule has 0 radical (unpaired) electrons. The number of aromatic nitrogens is 1. The second-order valence-electron chi connectivity index (χ2n) is 5.25. The largest absolute Gasteiger partial charge is 0.495 e. The van der Waals surface area contributed by atoms with Crippen LogP contribution in [0.4, 0.5) is 11.4 Å². The molecule has 0 unspecified atom stereocenters. The minimum absolute atomic E-state index is 0.278. The van der Waals surface area contributed by atoms with E-state index in [-0.39, 0.29) is 6.61 Å². The summed E-state index contributed by atoms with van der Waals surface area (Å²) in [7, 11) is 1.59. The summed E-state index contributed by atoms with van der Waals surface area (Å²) in [5, 5.41) is 4.56. The van der Waals surface area contributed by atoms with Crippen LogP contribution in [0.5, 0.6) is 5.75 Å². The van der Waals surface area contributed by atoms with E-state index in [1.54, 1.807) is 32.2 Å². The van der Waals surface area contributed by atoms with Crippen molar-refractivity contribution < 1.29 is 14.3 Å². The van der Waals surface area contributed by atoms with E-state index in [0.29, 0.717) is 22.0 Å². The topological polar surface area (TPSA) is 60.5 Å². The zero-order valence-electron chi connectivity index (χ0n) is 13.9. The number of carbonyl (C=O) groups is 1. The number of methoxy groups -OCH3 is 1. The number of halogens is 1. The molecule has 0 aliphatic rings. The standard InChI is InChI=1S/C19H17ClN2O3/c1-3-25-19(23)14-11-21-15-9-8-12(20)10-13(15)18(14)22-16-6-4-5-7-17(16)24-2/h4-11H,3H2,1-2H3,(H,21,22). The third kappa shape index (κ3) is 3.51. The lowest BCUT2D eigenvalue weighted by atomic mass is 10.1. The molecule has 0 fully saturated rings. The lowest BCUT2D eigenvalue weighted by molar-refractivity contribution is 0.0527. The van der Waals surface area contributed by atoms with Crippen LogP contribution in [0.25, 0.3) is 10.9 Å². The van der Waals surface area contributed by atoms with E-state index in [1.165, 1.54) is 6.20 Å². The third-order valence-corrected chi connectivity index (χ3v) is 3.93. The highest BCUT2D eigenvalue weighted by Crippen LogP contribution is 2.34. The molecule has 6 heteroatoms. The smallest absolute Gasteiger partial charge is 0.341 e. The van der Waals surface area contributed by atoms with E-state index in [1.807, 2.05) is 24.3 Å². The third-order valence-electron chi connectivity index (χ3n) is 3.69. The number of fused-ring (bicyclic) bond motifs is 1. The van der Waals surface area contributed by atoms with Crippen molar-refractivity contribution in [2.75, 3.05) is 19.0 Å². The predicted molar refractivity (Wildman–Crippen MR) is 99.0 cm³/mol. The van der Waals surface area contributed by atoms with Crippen LogP contribution >= 0.6 is 11.6 Å². The van der Waals surface area contributed by atoms with Crippen molar-refractivity contribution in [3.8, 4) is 5.75 Å².